The highest BCUT2D eigenvalue weighted by atomic mass is 16.6. The van der Waals surface area contributed by atoms with Gasteiger partial charge in [0.15, 0.2) is 0 Å². The zero-order chi connectivity index (χ0) is 23.3. The van der Waals surface area contributed by atoms with Gasteiger partial charge in [-0.15, -0.1) is 0 Å². The first-order valence-electron chi connectivity index (χ1n) is 11.5. The zero-order valence-electron chi connectivity index (χ0n) is 19.2. The molecule has 0 radical (unpaired) electrons. The van der Waals surface area contributed by atoms with Gasteiger partial charge in [0.2, 0.25) is 11.8 Å². The quantitative estimate of drug-likeness (QED) is 0.596. The lowest BCUT2D eigenvalue weighted by atomic mass is 9.94. The molecule has 8 nitrogen and oxygen atoms in total. The van der Waals surface area contributed by atoms with Crippen molar-refractivity contribution in [2.24, 2.45) is 0 Å². The largest absolute Gasteiger partial charge is 0.508 e. The first-order valence-corrected chi connectivity index (χ1v) is 11.5. The van der Waals surface area contributed by atoms with Crippen molar-refractivity contribution in [3.05, 3.63) is 29.8 Å². The van der Waals surface area contributed by atoms with Gasteiger partial charge in [-0.2, -0.15) is 0 Å². The van der Waals surface area contributed by atoms with Gasteiger partial charge in [0.25, 0.3) is 0 Å². The van der Waals surface area contributed by atoms with Gasteiger partial charge in [0, 0.05) is 17.6 Å². The summed E-state index contributed by atoms with van der Waals surface area (Å²) in [4.78, 5) is 40.2. The molecule has 1 aromatic carbocycles. The van der Waals surface area contributed by atoms with Gasteiger partial charge < -0.3 is 25.4 Å². The molecule has 3 rings (SSSR count). The molecular weight excluding hydrogens is 410 g/mol. The number of carbonyl (C=O) groups is 3. The summed E-state index contributed by atoms with van der Waals surface area (Å²) in [7, 11) is 0. The highest BCUT2D eigenvalue weighted by molar-refractivity contribution is 5.91. The summed E-state index contributed by atoms with van der Waals surface area (Å²) >= 11 is 0. The SMILES string of the molecule is CC(C)(C)OC(=O)NCC(=O)N(C1CC1)C(C(=O)NC1CCCCC1)c1ccccc1O. The summed E-state index contributed by atoms with van der Waals surface area (Å²) in [5.41, 5.74) is -0.292. The van der Waals surface area contributed by atoms with Crippen molar-refractivity contribution in [3.8, 4) is 5.75 Å². The van der Waals surface area contributed by atoms with E-state index in [1.54, 1.807) is 39.0 Å². The molecule has 2 fully saturated rings. The van der Waals surface area contributed by atoms with Gasteiger partial charge in [-0.1, -0.05) is 37.5 Å². The highest BCUT2D eigenvalue weighted by Crippen LogP contribution is 2.38. The molecule has 0 spiro atoms. The Morgan fingerprint density at radius 2 is 1.75 bits per heavy atom. The average Bonchev–Trinajstić information content (AvgIpc) is 3.55. The number of nitrogens with one attached hydrogen (secondary N) is 2. The predicted octanol–water partition coefficient (Wildman–Crippen LogP) is 3.40. The number of ether oxygens (including phenoxy) is 1. The molecule has 2 aliphatic carbocycles. The van der Waals surface area contributed by atoms with Gasteiger partial charge in [-0.05, 0) is 52.5 Å². The molecule has 1 aromatic rings. The van der Waals surface area contributed by atoms with Crippen LogP contribution in [0, 0.1) is 0 Å². The third-order valence-electron chi connectivity index (χ3n) is 5.72. The van der Waals surface area contributed by atoms with E-state index >= 15 is 0 Å². The van der Waals surface area contributed by atoms with E-state index in [0.717, 1.165) is 44.9 Å². The first kappa shape index (κ1) is 23.9. The molecule has 0 bridgehead atoms. The number of rotatable bonds is 7. The molecular formula is C24H35N3O5. The molecule has 2 saturated carbocycles. The van der Waals surface area contributed by atoms with Crippen LogP contribution in [0.5, 0.6) is 5.75 Å². The Kier molecular flexibility index (Phi) is 7.64. The Morgan fingerprint density at radius 1 is 1.09 bits per heavy atom. The Bertz CT molecular complexity index is 825. The molecule has 176 valence electrons. The van der Waals surface area contributed by atoms with Gasteiger partial charge >= 0.3 is 6.09 Å². The minimum Gasteiger partial charge on any atom is -0.508 e. The van der Waals surface area contributed by atoms with E-state index in [0.29, 0.717) is 5.56 Å². The molecule has 3 N–H and O–H groups in total. The van der Waals surface area contributed by atoms with E-state index in [1.165, 1.54) is 11.0 Å². The lowest BCUT2D eigenvalue weighted by molar-refractivity contribution is -0.141. The summed E-state index contributed by atoms with van der Waals surface area (Å²) in [5.74, 6) is -0.712. The Labute approximate surface area is 189 Å². The van der Waals surface area contributed by atoms with Gasteiger partial charge in [-0.25, -0.2) is 4.79 Å². The van der Waals surface area contributed by atoms with Crippen LogP contribution in [0.1, 0.15) is 77.3 Å². The van der Waals surface area contributed by atoms with E-state index < -0.39 is 17.7 Å². The fourth-order valence-electron chi connectivity index (χ4n) is 4.13. The van der Waals surface area contributed by atoms with E-state index in [-0.39, 0.29) is 36.2 Å². The van der Waals surface area contributed by atoms with Crippen molar-refractivity contribution in [2.45, 2.75) is 89.4 Å². The molecule has 1 unspecified atom stereocenters. The van der Waals surface area contributed by atoms with Crippen molar-refractivity contribution >= 4 is 17.9 Å². The van der Waals surface area contributed by atoms with Crippen LogP contribution in [0.4, 0.5) is 4.79 Å². The number of para-hydroxylation sites is 1. The second kappa shape index (κ2) is 10.2. The molecule has 0 aromatic heterocycles. The van der Waals surface area contributed by atoms with Crippen molar-refractivity contribution in [3.63, 3.8) is 0 Å². The van der Waals surface area contributed by atoms with Crippen molar-refractivity contribution in [1.29, 1.82) is 0 Å². The van der Waals surface area contributed by atoms with E-state index in [9.17, 15) is 19.5 Å². The third-order valence-corrected chi connectivity index (χ3v) is 5.72. The maximum absolute atomic E-state index is 13.4. The molecule has 32 heavy (non-hydrogen) atoms. The van der Waals surface area contributed by atoms with Gasteiger partial charge in [0.05, 0.1) is 0 Å². The molecule has 8 heteroatoms. The van der Waals surface area contributed by atoms with Crippen LogP contribution >= 0.6 is 0 Å². The van der Waals surface area contributed by atoms with Crippen LogP contribution in [0.3, 0.4) is 0 Å². The average molecular weight is 446 g/mol. The van der Waals surface area contributed by atoms with E-state index in [2.05, 4.69) is 10.6 Å². The number of hydrogen-bond donors (Lipinski definition) is 3. The number of amides is 3. The van der Waals surface area contributed by atoms with E-state index in [1.807, 2.05) is 0 Å². The van der Waals surface area contributed by atoms with Crippen molar-refractivity contribution < 1.29 is 24.2 Å². The smallest absolute Gasteiger partial charge is 0.408 e. The monoisotopic (exact) mass is 445 g/mol. The minimum absolute atomic E-state index is 0.0326. The van der Waals surface area contributed by atoms with Gasteiger partial charge in [0.1, 0.15) is 23.9 Å². The number of carbonyl (C=O) groups excluding carboxylic acids is 3. The topological polar surface area (TPSA) is 108 Å². The van der Waals surface area contributed by atoms with Crippen molar-refractivity contribution in [1.82, 2.24) is 15.5 Å². The van der Waals surface area contributed by atoms with Crippen LogP contribution in [0.15, 0.2) is 24.3 Å². The second-order valence-electron chi connectivity index (χ2n) is 9.69. The molecule has 1 atom stereocenters. The maximum atomic E-state index is 13.4. The standard InChI is InChI=1S/C24H35N3O5/c1-24(2,3)32-23(31)25-15-20(29)27(17-13-14-17)21(18-11-7-8-12-19(18)28)22(30)26-16-9-5-4-6-10-16/h7-8,11-12,16-17,21,28H,4-6,9-10,13-15H2,1-3H3,(H,25,31)(H,26,30). The highest BCUT2D eigenvalue weighted by Gasteiger charge is 2.42. The number of phenolic OH excluding ortho intramolecular Hbond substituents is 1. The Hall–Kier alpha value is -2.77. The summed E-state index contributed by atoms with van der Waals surface area (Å²) < 4.78 is 5.22. The maximum Gasteiger partial charge on any atom is 0.408 e. The van der Waals surface area contributed by atoms with Crippen LogP contribution in [0.25, 0.3) is 0 Å². The number of hydrogen-bond acceptors (Lipinski definition) is 5. The fraction of sp³-hybridized carbons (Fsp3) is 0.625. The zero-order valence-corrected chi connectivity index (χ0v) is 19.2. The third kappa shape index (κ3) is 6.61. The lowest BCUT2D eigenvalue weighted by Gasteiger charge is -2.34. The number of benzene rings is 1. The van der Waals surface area contributed by atoms with Crippen LogP contribution < -0.4 is 10.6 Å². The lowest BCUT2D eigenvalue weighted by Crippen LogP contribution is -2.50. The first-order chi connectivity index (χ1) is 15.2. The Morgan fingerprint density at radius 3 is 2.34 bits per heavy atom. The van der Waals surface area contributed by atoms with Crippen LogP contribution in [0.2, 0.25) is 0 Å². The number of alkyl carbamates (subject to hydrolysis) is 1. The molecule has 0 aliphatic heterocycles. The number of aromatic hydroxyl groups is 1. The molecule has 0 saturated heterocycles. The molecule has 3 amide bonds. The number of phenols is 1. The van der Waals surface area contributed by atoms with Gasteiger partial charge in [-0.3, -0.25) is 9.59 Å². The van der Waals surface area contributed by atoms with Crippen LogP contribution in [-0.4, -0.2) is 52.1 Å². The summed E-state index contributed by atoms with van der Waals surface area (Å²) in [6.45, 7) is 4.95. The molecule has 2 aliphatic rings. The number of nitrogens with zero attached hydrogens (tertiary/aromatic N) is 1. The predicted molar refractivity (Wildman–Crippen MR) is 120 cm³/mol. The minimum atomic E-state index is -0.960. The van der Waals surface area contributed by atoms with Crippen molar-refractivity contribution in [2.75, 3.05) is 6.54 Å². The van der Waals surface area contributed by atoms with E-state index in [4.69, 9.17) is 4.74 Å². The second-order valence-corrected chi connectivity index (χ2v) is 9.69. The Balaban J connectivity index is 1.80. The summed E-state index contributed by atoms with van der Waals surface area (Å²) in [6.07, 6.45) is 5.99. The molecule has 0 heterocycles. The summed E-state index contributed by atoms with van der Waals surface area (Å²) in [6, 6.07) is 5.62. The fourth-order valence-corrected chi connectivity index (χ4v) is 4.13. The summed E-state index contributed by atoms with van der Waals surface area (Å²) in [5, 5.41) is 16.1. The van der Waals surface area contributed by atoms with Crippen LogP contribution in [-0.2, 0) is 14.3 Å². The normalized spacial score (nSPS) is 17.8.